The Morgan fingerprint density at radius 1 is 0.938 bits per heavy atom. The minimum absolute atomic E-state index is 0.131. The van der Waals surface area contributed by atoms with Crippen LogP contribution in [0.4, 0.5) is 11.4 Å². The number of nitrogens with one attached hydrogen (secondary N) is 2. The van der Waals surface area contributed by atoms with Gasteiger partial charge in [-0.3, -0.25) is 9.59 Å². The summed E-state index contributed by atoms with van der Waals surface area (Å²) in [5, 5.41) is 7.59. The average Bonchev–Trinajstić information content (AvgIpc) is 2.79. The normalized spacial score (nSPS) is 17.1. The van der Waals surface area contributed by atoms with E-state index < -0.39 is 15.9 Å². The zero-order chi connectivity index (χ0) is 22.7. The van der Waals surface area contributed by atoms with E-state index in [-0.39, 0.29) is 23.3 Å². The van der Waals surface area contributed by atoms with Crippen LogP contribution in [0, 0.1) is 5.92 Å². The molecule has 1 unspecified atom stereocenters. The maximum absolute atomic E-state index is 13.1. The van der Waals surface area contributed by atoms with E-state index in [4.69, 9.17) is 0 Å². The first-order valence-electron chi connectivity index (χ1n) is 10.5. The first-order valence-corrected chi connectivity index (χ1v) is 11.9. The molecule has 1 aliphatic rings. The molecule has 1 fully saturated rings. The molecule has 8 heteroatoms. The number of hydrogen-bond donors (Lipinski definition) is 2. The smallest absolute Gasteiger partial charge is 0.243 e. The lowest BCUT2D eigenvalue weighted by Gasteiger charge is -2.31. The zero-order valence-electron chi connectivity index (χ0n) is 17.7. The van der Waals surface area contributed by atoms with Crippen LogP contribution in [0.2, 0.25) is 0 Å². The molecule has 0 saturated carbocycles. The molecule has 1 saturated heterocycles. The van der Waals surface area contributed by atoms with Gasteiger partial charge < -0.3 is 10.6 Å². The summed E-state index contributed by atoms with van der Waals surface area (Å²) in [6.07, 6.45) is 1.24. The lowest BCUT2D eigenvalue weighted by Crippen LogP contribution is -2.43. The molecule has 2 N–H and O–H groups in total. The van der Waals surface area contributed by atoms with Crippen LogP contribution in [0.25, 0.3) is 10.8 Å². The van der Waals surface area contributed by atoms with Crippen LogP contribution in [0.3, 0.4) is 0 Å². The molecule has 0 radical (unpaired) electrons. The van der Waals surface area contributed by atoms with Crippen LogP contribution >= 0.6 is 0 Å². The van der Waals surface area contributed by atoms with Gasteiger partial charge in [-0.2, -0.15) is 4.31 Å². The van der Waals surface area contributed by atoms with Gasteiger partial charge in [0.1, 0.15) is 0 Å². The van der Waals surface area contributed by atoms with Gasteiger partial charge in [-0.1, -0.05) is 36.4 Å². The Hall–Kier alpha value is -3.23. The number of amides is 2. The molecule has 7 nitrogen and oxygen atoms in total. The maximum atomic E-state index is 13.1. The van der Waals surface area contributed by atoms with Crippen molar-refractivity contribution in [3.63, 3.8) is 0 Å². The molecule has 0 aliphatic carbocycles. The second kappa shape index (κ2) is 9.10. The first kappa shape index (κ1) is 22.0. The third-order valence-corrected chi connectivity index (χ3v) is 7.49. The quantitative estimate of drug-likeness (QED) is 0.616. The standard InChI is InChI=1S/C24H25N3O4S/c1-17(28)25-20-11-13-21(14-12-20)32(30,31)27-15-5-8-19(16-27)24(29)26-23-10-4-7-18-6-2-3-9-22(18)23/h2-4,6-7,9-14,19H,5,8,15-16H2,1H3,(H,25,28)(H,26,29). The van der Waals surface area contributed by atoms with Crippen LogP contribution < -0.4 is 10.6 Å². The minimum Gasteiger partial charge on any atom is -0.326 e. The number of hydrogen-bond acceptors (Lipinski definition) is 4. The number of sulfonamides is 1. The summed E-state index contributed by atoms with van der Waals surface area (Å²) in [5.74, 6) is -0.838. The fraction of sp³-hybridized carbons (Fsp3) is 0.250. The Kier molecular flexibility index (Phi) is 6.25. The van der Waals surface area contributed by atoms with Crippen molar-refractivity contribution in [1.29, 1.82) is 0 Å². The van der Waals surface area contributed by atoms with Crippen molar-refractivity contribution in [3.05, 3.63) is 66.7 Å². The highest BCUT2D eigenvalue weighted by Gasteiger charge is 2.33. The van der Waals surface area contributed by atoms with E-state index in [2.05, 4.69) is 10.6 Å². The van der Waals surface area contributed by atoms with Crippen molar-refractivity contribution in [3.8, 4) is 0 Å². The minimum atomic E-state index is -3.74. The van der Waals surface area contributed by atoms with Crippen molar-refractivity contribution in [1.82, 2.24) is 4.31 Å². The predicted octanol–water partition coefficient (Wildman–Crippen LogP) is 3.84. The van der Waals surface area contributed by atoms with E-state index in [1.807, 2.05) is 42.5 Å². The van der Waals surface area contributed by atoms with Gasteiger partial charge in [-0.05, 0) is 48.6 Å². The Bertz CT molecular complexity index is 1250. The van der Waals surface area contributed by atoms with Crippen molar-refractivity contribution < 1.29 is 18.0 Å². The maximum Gasteiger partial charge on any atom is 0.243 e. The molecule has 0 bridgehead atoms. The summed E-state index contributed by atoms with van der Waals surface area (Å²) < 4.78 is 27.6. The molecule has 3 aromatic rings. The van der Waals surface area contributed by atoms with Gasteiger partial charge in [-0.25, -0.2) is 8.42 Å². The second-order valence-corrected chi connectivity index (χ2v) is 9.86. The SMILES string of the molecule is CC(=O)Nc1ccc(S(=O)(=O)N2CCCC(C(=O)Nc3cccc4ccccc34)C2)cc1. The van der Waals surface area contributed by atoms with Crippen molar-refractivity contribution >= 4 is 44.0 Å². The van der Waals surface area contributed by atoms with Gasteiger partial charge in [0.2, 0.25) is 21.8 Å². The fourth-order valence-corrected chi connectivity index (χ4v) is 5.53. The topological polar surface area (TPSA) is 95.6 Å². The molecule has 3 aromatic carbocycles. The van der Waals surface area contributed by atoms with Crippen molar-refractivity contribution in [2.45, 2.75) is 24.7 Å². The van der Waals surface area contributed by atoms with Crippen LogP contribution in [-0.2, 0) is 19.6 Å². The Morgan fingerprint density at radius 3 is 2.41 bits per heavy atom. The molecule has 0 aromatic heterocycles. The van der Waals surface area contributed by atoms with Crippen LogP contribution in [0.1, 0.15) is 19.8 Å². The number of anilines is 2. The van der Waals surface area contributed by atoms with Gasteiger partial charge in [0.25, 0.3) is 0 Å². The Balaban J connectivity index is 1.48. The highest BCUT2D eigenvalue weighted by Crippen LogP contribution is 2.27. The summed E-state index contributed by atoms with van der Waals surface area (Å²) in [5.41, 5.74) is 1.25. The second-order valence-electron chi connectivity index (χ2n) is 7.92. The Morgan fingerprint density at radius 2 is 1.66 bits per heavy atom. The number of carbonyl (C=O) groups is 2. The van der Waals surface area contributed by atoms with E-state index in [0.717, 1.165) is 16.5 Å². The van der Waals surface area contributed by atoms with Gasteiger partial charge in [0.05, 0.1) is 10.8 Å². The molecule has 2 amide bonds. The van der Waals surface area contributed by atoms with E-state index >= 15 is 0 Å². The lowest BCUT2D eigenvalue weighted by atomic mass is 9.98. The van der Waals surface area contributed by atoms with Gasteiger partial charge in [-0.15, -0.1) is 0 Å². The average molecular weight is 452 g/mol. The highest BCUT2D eigenvalue weighted by molar-refractivity contribution is 7.89. The van der Waals surface area contributed by atoms with E-state index in [1.54, 1.807) is 12.1 Å². The highest BCUT2D eigenvalue weighted by atomic mass is 32.2. The van der Waals surface area contributed by atoms with Gasteiger partial charge in [0, 0.05) is 36.8 Å². The summed E-state index contributed by atoms with van der Waals surface area (Å²) >= 11 is 0. The van der Waals surface area contributed by atoms with Crippen molar-refractivity contribution in [2.75, 3.05) is 23.7 Å². The van der Waals surface area contributed by atoms with Crippen LogP contribution in [0.5, 0.6) is 0 Å². The van der Waals surface area contributed by atoms with Gasteiger partial charge in [0.15, 0.2) is 0 Å². The van der Waals surface area contributed by atoms with Crippen molar-refractivity contribution in [2.24, 2.45) is 5.92 Å². The molecule has 166 valence electrons. The van der Waals surface area contributed by atoms with Crippen LogP contribution in [-0.4, -0.2) is 37.6 Å². The third-order valence-electron chi connectivity index (χ3n) is 5.61. The molecule has 1 heterocycles. The van der Waals surface area contributed by atoms with E-state index in [1.165, 1.54) is 23.4 Å². The zero-order valence-corrected chi connectivity index (χ0v) is 18.6. The molecule has 4 rings (SSSR count). The molecule has 1 aliphatic heterocycles. The fourth-order valence-electron chi connectivity index (χ4n) is 4.01. The number of nitrogens with zero attached hydrogens (tertiary/aromatic N) is 1. The summed E-state index contributed by atoms with van der Waals surface area (Å²) in [6.45, 7) is 1.89. The number of fused-ring (bicyclic) bond motifs is 1. The van der Waals surface area contributed by atoms with Crippen LogP contribution in [0.15, 0.2) is 71.6 Å². The number of rotatable bonds is 5. The molecular weight excluding hydrogens is 426 g/mol. The summed E-state index contributed by atoms with van der Waals surface area (Å²) in [6, 6.07) is 19.6. The number of carbonyl (C=O) groups excluding carboxylic acids is 2. The van der Waals surface area contributed by atoms with E-state index in [9.17, 15) is 18.0 Å². The predicted molar refractivity (Wildman–Crippen MR) is 125 cm³/mol. The largest absolute Gasteiger partial charge is 0.326 e. The third kappa shape index (κ3) is 4.66. The number of piperidine rings is 1. The Labute approximate surface area is 187 Å². The molecule has 0 spiro atoms. The molecule has 1 atom stereocenters. The molecular formula is C24H25N3O4S. The summed E-state index contributed by atoms with van der Waals surface area (Å²) in [7, 11) is -3.74. The lowest BCUT2D eigenvalue weighted by molar-refractivity contribution is -0.121. The molecule has 32 heavy (non-hydrogen) atoms. The monoisotopic (exact) mass is 451 g/mol. The van der Waals surface area contributed by atoms with E-state index in [0.29, 0.717) is 25.1 Å². The first-order chi connectivity index (χ1) is 15.3. The number of benzene rings is 3. The van der Waals surface area contributed by atoms with Gasteiger partial charge >= 0.3 is 0 Å². The summed E-state index contributed by atoms with van der Waals surface area (Å²) in [4.78, 5) is 24.3.